The van der Waals surface area contributed by atoms with Gasteiger partial charge in [-0.1, -0.05) is 23.8 Å². The van der Waals surface area contributed by atoms with Crippen LogP contribution in [0.1, 0.15) is 39.8 Å². The van der Waals surface area contributed by atoms with E-state index in [9.17, 15) is 9.90 Å². The highest BCUT2D eigenvalue weighted by atomic mass is 32.1. The van der Waals surface area contributed by atoms with E-state index in [4.69, 9.17) is 4.98 Å². The summed E-state index contributed by atoms with van der Waals surface area (Å²) in [6, 6.07) is 13.2. The number of rotatable bonds is 2. The number of carbonyl (C=O) groups excluding carboxylic acids is 1. The molecule has 0 saturated carbocycles. The van der Waals surface area contributed by atoms with Crippen molar-refractivity contribution in [3.05, 3.63) is 58.6 Å². The second kappa shape index (κ2) is 5.91. The van der Waals surface area contributed by atoms with Gasteiger partial charge >= 0.3 is 0 Å². The lowest BCUT2D eigenvalue weighted by molar-refractivity contribution is 0.0732. The van der Waals surface area contributed by atoms with Gasteiger partial charge < -0.3 is 10.0 Å². The van der Waals surface area contributed by atoms with E-state index in [2.05, 4.69) is 6.07 Å². The number of fused-ring (bicyclic) bond motifs is 1. The minimum atomic E-state index is -0.113. The van der Waals surface area contributed by atoms with Gasteiger partial charge in [0, 0.05) is 6.54 Å². The first kappa shape index (κ1) is 15.1. The third kappa shape index (κ3) is 2.55. The van der Waals surface area contributed by atoms with Gasteiger partial charge in [0.1, 0.15) is 10.8 Å². The molecule has 5 heteroatoms. The minimum Gasteiger partial charge on any atom is -0.507 e. The Kier molecular flexibility index (Phi) is 3.73. The fraction of sp³-hybridized carbons (Fsp3) is 0.263. The fourth-order valence-corrected chi connectivity index (χ4v) is 4.39. The van der Waals surface area contributed by atoms with Crippen molar-refractivity contribution < 1.29 is 9.90 Å². The van der Waals surface area contributed by atoms with Gasteiger partial charge in [0.05, 0.1) is 21.8 Å². The quantitative estimate of drug-likeness (QED) is 0.758. The monoisotopic (exact) mass is 338 g/mol. The summed E-state index contributed by atoms with van der Waals surface area (Å²) in [6.45, 7) is 2.62. The molecule has 1 aliphatic heterocycles. The number of aromatic nitrogens is 1. The Balaban J connectivity index is 1.69. The minimum absolute atomic E-state index is 0.00480. The SMILES string of the molecule is Cc1ccc(O)c(C(=O)N2CCCC2c2nc3ccccc3s2)c1. The van der Waals surface area contributed by atoms with Crippen molar-refractivity contribution >= 4 is 27.5 Å². The maximum absolute atomic E-state index is 13.0. The van der Waals surface area contributed by atoms with E-state index in [1.54, 1.807) is 29.5 Å². The molecule has 1 atom stereocenters. The summed E-state index contributed by atoms with van der Waals surface area (Å²) < 4.78 is 1.14. The second-order valence-corrected chi connectivity index (χ2v) is 7.26. The molecule has 1 saturated heterocycles. The molecule has 0 aliphatic carbocycles. The third-order valence-corrected chi connectivity index (χ3v) is 5.63. The van der Waals surface area contributed by atoms with Crippen LogP contribution in [0.5, 0.6) is 5.75 Å². The van der Waals surface area contributed by atoms with Crippen molar-refractivity contribution in [3.63, 3.8) is 0 Å². The van der Waals surface area contributed by atoms with Crippen LogP contribution in [0.4, 0.5) is 0 Å². The van der Waals surface area contributed by atoms with Crippen molar-refractivity contribution in [1.82, 2.24) is 9.88 Å². The molecule has 2 heterocycles. The average Bonchev–Trinajstić information content (AvgIpc) is 3.22. The van der Waals surface area contributed by atoms with Gasteiger partial charge in [-0.15, -0.1) is 11.3 Å². The van der Waals surface area contributed by atoms with Gasteiger partial charge in [-0.2, -0.15) is 0 Å². The molecule has 122 valence electrons. The van der Waals surface area contributed by atoms with Gasteiger partial charge in [-0.3, -0.25) is 4.79 Å². The molecule has 0 bridgehead atoms. The molecule has 1 unspecified atom stereocenters. The molecule has 24 heavy (non-hydrogen) atoms. The molecule has 1 aliphatic rings. The average molecular weight is 338 g/mol. The van der Waals surface area contributed by atoms with Crippen LogP contribution in [0.3, 0.4) is 0 Å². The van der Waals surface area contributed by atoms with Crippen LogP contribution in [-0.2, 0) is 0 Å². The van der Waals surface area contributed by atoms with E-state index in [-0.39, 0.29) is 17.7 Å². The zero-order valence-corrected chi connectivity index (χ0v) is 14.2. The number of thiazole rings is 1. The first-order valence-electron chi connectivity index (χ1n) is 8.09. The molecular weight excluding hydrogens is 320 g/mol. The zero-order valence-electron chi connectivity index (χ0n) is 13.4. The summed E-state index contributed by atoms with van der Waals surface area (Å²) in [7, 11) is 0. The van der Waals surface area contributed by atoms with Crippen molar-refractivity contribution in [2.45, 2.75) is 25.8 Å². The summed E-state index contributed by atoms with van der Waals surface area (Å²) in [6.07, 6.45) is 1.87. The Bertz CT molecular complexity index is 886. The molecular formula is C19H18N2O2S. The number of carbonyl (C=O) groups is 1. The van der Waals surface area contributed by atoms with Crippen LogP contribution in [0, 0.1) is 6.92 Å². The Labute approximate surface area is 144 Å². The molecule has 1 amide bonds. The van der Waals surface area contributed by atoms with Crippen LogP contribution in [-0.4, -0.2) is 27.4 Å². The maximum atomic E-state index is 13.0. The number of nitrogens with zero attached hydrogens (tertiary/aromatic N) is 2. The predicted molar refractivity (Wildman–Crippen MR) is 95.5 cm³/mol. The number of aromatic hydroxyl groups is 1. The number of benzene rings is 2. The standard InChI is InChI=1S/C19H18N2O2S/c1-12-8-9-16(22)13(11-12)19(23)21-10-4-6-15(21)18-20-14-5-2-3-7-17(14)24-18/h2-3,5,7-9,11,15,22H,4,6,10H2,1H3. The summed E-state index contributed by atoms with van der Waals surface area (Å²) in [5.41, 5.74) is 2.32. The van der Waals surface area contributed by atoms with E-state index >= 15 is 0 Å². The molecule has 4 rings (SSSR count). The number of hydrogen-bond acceptors (Lipinski definition) is 4. The number of aryl methyl sites for hydroxylation is 1. The van der Waals surface area contributed by atoms with Crippen molar-refractivity contribution in [1.29, 1.82) is 0 Å². The number of amides is 1. The van der Waals surface area contributed by atoms with E-state index < -0.39 is 0 Å². The van der Waals surface area contributed by atoms with Gasteiger partial charge in [0.2, 0.25) is 0 Å². The lowest BCUT2D eigenvalue weighted by Gasteiger charge is -2.23. The molecule has 0 radical (unpaired) electrons. The summed E-state index contributed by atoms with van der Waals surface area (Å²) >= 11 is 1.65. The second-order valence-electron chi connectivity index (χ2n) is 6.20. The zero-order chi connectivity index (χ0) is 16.7. The molecule has 0 spiro atoms. The van der Waals surface area contributed by atoms with Gasteiger partial charge in [0.15, 0.2) is 0 Å². The Morgan fingerprint density at radius 1 is 1.29 bits per heavy atom. The number of para-hydroxylation sites is 1. The number of likely N-dealkylation sites (tertiary alicyclic amines) is 1. The first-order valence-corrected chi connectivity index (χ1v) is 8.91. The Hall–Kier alpha value is -2.40. The van der Waals surface area contributed by atoms with Crippen molar-refractivity contribution in [2.75, 3.05) is 6.54 Å². The molecule has 2 aromatic carbocycles. The third-order valence-electron chi connectivity index (χ3n) is 4.49. The summed E-state index contributed by atoms with van der Waals surface area (Å²) in [4.78, 5) is 19.5. The molecule has 1 fully saturated rings. The number of phenols is 1. The van der Waals surface area contributed by atoms with Crippen molar-refractivity contribution in [2.24, 2.45) is 0 Å². The van der Waals surface area contributed by atoms with Crippen molar-refractivity contribution in [3.8, 4) is 5.75 Å². The lowest BCUT2D eigenvalue weighted by atomic mass is 10.1. The maximum Gasteiger partial charge on any atom is 0.258 e. The lowest BCUT2D eigenvalue weighted by Crippen LogP contribution is -2.30. The highest BCUT2D eigenvalue weighted by Gasteiger charge is 2.33. The number of phenolic OH excluding ortho intramolecular Hbond substituents is 1. The number of hydrogen-bond donors (Lipinski definition) is 1. The fourth-order valence-electron chi connectivity index (χ4n) is 3.27. The van der Waals surface area contributed by atoms with Crippen LogP contribution >= 0.6 is 11.3 Å². The molecule has 3 aromatic rings. The topological polar surface area (TPSA) is 53.4 Å². The van der Waals surface area contributed by atoms with E-state index in [0.29, 0.717) is 12.1 Å². The van der Waals surface area contributed by atoms with E-state index in [1.807, 2.05) is 30.0 Å². The highest BCUT2D eigenvalue weighted by molar-refractivity contribution is 7.18. The molecule has 1 N–H and O–H groups in total. The van der Waals surface area contributed by atoms with Gasteiger partial charge in [0.25, 0.3) is 5.91 Å². The smallest absolute Gasteiger partial charge is 0.258 e. The highest BCUT2D eigenvalue weighted by Crippen LogP contribution is 2.38. The van der Waals surface area contributed by atoms with E-state index in [0.717, 1.165) is 33.6 Å². The van der Waals surface area contributed by atoms with Crippen LogP contribution in [0.2, 0.25) is 0 Å². The van der Waals surface area contributed by atoms with E-state index in [1.165, 1.54) is 0 Å². The Morgan fingerprint density at radius 3 is 2.96 bits per heavy atom. The van der Waals surface area contributed by atoms with Gasteiger partial charge in [-0.05, 0) is 44.0 Å². The largest absolute Gasteiger partial charge is 0.507 e. The van der Waals surface area contributed by atoms with Crippen LogP contribution in [0.15, 0.2) is 42.5 Å². The first-order chi connectivity index (χ1) is 11.6. The molecule has 4 nitrogen and oxygen atoms in total. The van der Waals surface area contributed by atoms with Crippen LogP contribution in [0.25, 0.3) is 10.2 Å². The summed E-state index contributed by atoms with van der Waals surface area (Å²) in [5.74, 6) is -0.0708. The van der Waals surface area contributed by atoms with Gasteiger partial charge in [-0.25, -0.2) is 4.98 Å². The Morgan fingerprint density at radius 2 is 2.12 bits per heavy atom. The van der Waals surface area contributed by atoms with Crippen LogP contribution < -0.4 is 0 Å². The predicted octanol–water partition coefficient (Wildman–Crippen LogP) is 4.29. The summed E-state index contributed by atoms with van der Waals surface area (Å²) in [5, 5.41) is 11.1. The normalized spacial score (nSPS) is 17.5. The molecule has 1 aromatic heterocycles.